The molecule has 0 heterocycles. The van der Waals surface area contributed by atoms with Crippen LogP contribution in [0.3, 0.4) is 0 Å². The molecule has 4 heteroatoms. The molecule has 1 rings (SSSR count). The van der Waals surface area contributed by atoms with E-state index in [0.29, 0.717) is 13.0 Å². The van der Waals surface area contributed by atoms with Crippen molar-refractivity contribution in [3.05, 3.63) is 29.3 Å². The summed E-state index contributed by atoms with van der Waals surface area (Å²) in [6.45, 7) is 0.580. The van der Waals surface area contributed by atoms with Crippen molar-refractivity contribution in [1.82, 2.24) is 5.32 Å². The minimum atomic E-state index is -0.528. The average Bonchev–Trinajstić information content (AvgIpc) is 2.19. The SMILES string of the molecule is CNCCc1c(F)ccc(F)c1OC. The first-order valence-corrected chi connectivity index (χ1v) is 4.36. The molecule has 0 spiro atoms. The van der Waals surface area contributed by atoms with Gasteiger partial charge in [-0.2, -0.15) is 0 Å². The summed E-state index contributed by atoms with van der Waals surface area (Å²) in [5.41, 5.74) is 0.279. The fraction of sp³-hybridized carbons (Fsp3) is 0.400. The third-order valence-corrected chi connectivity index (χ3v) is 1.98. The summed E-state index contributed by atoms with van der Waals surface area (Å²) >= 11 is 0. The van der Waals surface area contributed by atoms with Gasteiger partial charge in [0, 0.05) is 5.56 Å². The minimum Gasteiger partial charge on any atom is -0.493 e. The predicted molar refractivity (Wildman–Crippen MR) is 50.5 cm³/mol. The van der Waals surface area contributed by atoms with E-state index in [-0.39, 0.29) is 11.3 Å². The molecule has 0 amide bonds. The van der Waals surface area contributed by atoms with Gasteiger partial charge in [0.15, 0.2) is 11.6 Å². The van der Waals surface area contributed by atoms with Crippen molar-refractivity contribution in [3.8, 4) is 5.75 Å². The lowest BCUT2D eigenvalue weighted by molar-refractivity contribution is 0.376. The van der Waals surface area contributed by atoms with Crippen molar-refractivity contribution in [2.75, 3.05) is 20.7 Å². The first-order valence-electron chi connectivity index (χ1n) is 4.36. The van der Waals surface area contributed by atoms with Crippen LogP contribution in [0.4, 0.5) is 8.78 Å². The van der Waals surface area contributed by atoms with Crippen LogP contribution in [0.1, 0.15) is 5.56 Å². The highest BCUT2D eigenvalue weighted by atomic mass is 19.1. The summed E-state index contributed by atoms with van der Waals surface area (Å²) in [5.74, 6) is -0.959. The zero-order chi connectivity index (χ0) is 10.6. The molecule has 0 radical (unpaired) electrons. The molecule has 0 unspecified atom stereocenters. The quantitative estimate of drug-likeness (QED) is 0.801. The average molecular weight is 201 g/mol. The van der Waals surface area contributed by atoms with Gasteiger partial charge in [0.05, 0.1) is 7.11 Å². The summed E-state index contributed by atoms with van der Waals surface area (Å²) in [6, 6.07) is 2.18. The maximum absolute atomic E-state index is 13.3. The van der Waals surface area contributed by atoms with Crippen LogP contribution in [-0.4, -0.2) is 20.7 Å². The molecule has 0 aromatic heterocycles. The normalized spacial score (nSPS) is 10.3. The third kappa shape index (κ3) is 2.20. The summed E-state index contributed by atoms with van der Waals surface area (Å²) in [4.78, 5) is 0. The summed E-state index contributed by atoms with van der Waals surface area (Å²) < 4.78 is 31.2. The molecule has 1 N–H and O–H groups in total. The lowest BCUT2D eigenvalue weighted by Gasteiger charge is -2.09. The Bertz CT molecular complexity index is 315. The van der Waals surface area contributed by atoms with Crippen LogP contribution in [0.2, 0.25) is 0 Å². The van der Waals surface area contributed by atoms with Gasteiger partial charge in [-0.05, 0) is 32.1 Å². The van der Waals surface area contributed by atoms with Gasteiger partial charge in [0.1, 0.15) is 5.82 Å². The van der Waals surface area contributed by atoms with Crippen LogP contribution in [0.25, 0.3) is 0 Å². The smallest absolute Gasteiger partial charge is 0.165 e. The number of benzene rings is 1. The minimum absolute atomic E-state index is 0.000231. The molecule has 0 atom stereocenters. The molecule has 1 aromatic rings. The number of likely N-dealkylation sites (N-methyl/N-ethyl adjacent to an activating group) is 1. The van der Waals surface area contributed by atoms with Gasteiger partial charge in [0.25, 0.3) is 0 Å². The molecule has 0 saturated carbocycles. The molecule has 0 fully saturated rings. The van der Waals surface area contributed by atoms with Gasteiger partial charge in [-0.15, -0.1) is 0 Å². The number of nitrogens with one attached hydrogen (secondary N) is 1. The molecule has 0 aliphatic carbocycles. The number of ether oxygens (including phenoxy) is 1. The Morgan fingerprint density at radius 1 is 1.29 bits per heavy atom. The van der Waals surface area contributed by atoms with E-state index in [1.165, 1.54) is 7.11 Å². The maximum atomic E-state index is 13.3. The molecule has 2 nitrogen and oxygen atoms in total. The second-order valence-corrected chi connectivity index (χ2v) is 2.89. The Balaban J connectivity index is 3.03. The van der Waals surface area contributed by atoms with Crippen molar-refractivity contribution in [2.24, 2.45) is 0 Å². The Hall–Kier alpha value is -1.16. The first-order chi connectivity index (χ1) is 6.70. The molecule has 78 valence electrons. The topological polar surface area (TPSA) is 21.3 Å². The van der Waals surface area contributed by atoms with Crippen molar-refractivity contribution in [1.29, 1.82) is 0 Å². The van der Waals surface area contributed by atoms with E-state index >= 15 is 0 Å². The highest BCUT2D eigenvalue weighted by Gasteiger charge is 2.13. The molecule has 1 aromatic carbocycles. The van der Waals surface area contributed by atoms with Crippen LogP contribution in [-0.2, 0) is 6.42 Å². The van der Waals surface area contributed by atoms with Gasteiger partial charge in [-0.1, -0.05) is 0 Å². The van der Waals surface area contributed by atoms with E-state index in [4.69, 9.17) is 4.74 Å². The second-order valence-electron chi connectivity index (χ2n) is 2.89. The van der Waals surface area contributed by atoms with Crippen molar-refractivity contribution >= 4 is 0 Å². The summed E-state index contributed by atoms with van der Waals surface area (Å²) in [7, 11) is 3.09. The summed E-state index contributed by atoms with van der Waals surface area (Å²) in [6.07, 6.45) is 0.406. The van der Waals surface area contributed by atoms with Gasteiger partial charge in [0.2, 0.25) is 0 Å². The standard InChI is InChI=1S/C10H13F2NO/c1-13-6-5-7-8(11)3-4-9(12)10(7)14-2/h3-4,13H,5-6H2,1-2H3. The Labute approximate surface area is 81.9 Å². The van der Waals surface area contributed by atoms with E-state index in [2.05, 4.69) is 5.32 Å². The molecular formula is C10H13F2NO. The summed E-state index contributed by atoms with van der Waals surface area (Å²) in [5, 5.41) is 2.87. The van der Waals surface area contributed by atoms with Crippen LogP contribution in [0.5, 0.6) is 5.75 Å². The molecule has 0 aliphatic rings. The van der Waals surface area contributed by atoms with Crippen molar-refractivity contribution in [3.63, 3.8) is 0 Å². The fourth-order valence-corrected chi connectivity index (χ4v) is 1.28. The molecule has 0 bridgehead atoms. The molecular weight excluding hydrogens is 188 g/mol. The first kappa shape index (κ1) is 10.9. The molecule has 0 saturated heterocycles. The second kappa shape index (κ2) is 4.91. The van der Waals surface area contributed by atoms with Gasteiger partial charge < -0.3 is 10.1 Å². The Morgan fingerprint density at radius 2 is 1.93 bits per heavy atom. The molecule has 14 heavy (non-hydrogen) atoms. The van der Waals surface area contributed by atoms with Gasteiger partial charge in [-0.3, -0.25) is 0 Å². The lowest BCUT2D eigenvalue weighted by Crippen LogP contribution is -2.12. The van der Waals surface area contributed by atoms with Crippen molar-refractivity contribution in [2.45, 2.75) is 6.42 Å². The third-order valence-electron chi connectivity index (χ3n) is 1.98. The van der Waals surface area contributed by atoms with Gasteiger partial charge in [-0.25, -0.2) is 8.78 Å². The monoisotopic (exact) mass is 201 g/mol. The number of rotatable bonds is 4. The van der Waals surface area contributed by atoms with Crippen LogP contribution < -0.4 is 10.1 Å². The van der Waals surface area contributed by atoms with E-state index < -0.39 is 11.6 Å². The highest BCUT2D eigenvalue weighted by molar-refractivity contribution is 5.36. The highest BCUT2D eigenvalue weighted by Crippen LogP contribution is 2.25. The van der Waals surface area contributed by atoms with E-state index in [1.54, 1.807) is 7.05 Å². The fourth-order valence-electron chi connectivity index (χ4n) is 1.28. The van der Waals surface area contributed by atoms with Crippen LogP contribution in [0.15, 0.2) is 12.1 Å². The predicted octanol–water partition coefficient (Wildman–Crippen LogP) is 1.74. The maximum Gasteiger partial charge on any atom is 0.165 e. The van der Waals surface area contributed by atoms with E-state index in [0.717, 1.165) is 12.1 Å². The zero-order valence-electron chi connectivity index (χ0n) is 8.23. The lowest BCUT2D eigenvalue weighted by atomic mass is 10.1. The Morgan fingerprint density at radius 3 is 2.50 bits per heavy atom. The van der Waals surface area contributed by atoms with Crippen LogP contribution >= 0.6 is 0 Å². The van der Waals surface area contributed by atoms with Crippen LogP contribution in [0, 0.1) is 11.6 Å². The number of hydrogen-bond donors (Lipinski definition) is 1. The van der Waals surface area contributed by atoms with E-state index in [9.17, 15) is 8.78 Å². The van der Waals surface area contributed by atoms with Crippen molar-refractivity contribution < 1.29 is 13.5 Å². The van der Waals surface area contributed by atoms with E-state index in [1.807, 2.05) is 0 Å². The Kier molecular flexibility index (Phi) is 3.83. The zero-order valence-corrected chi connectivity index (χ0v) is 8.23. The van der Waals surface area contributed by atoms with Gasteiger partial charge >= 0.3 is 0 Å². The molecule has 0 aliphatic heterocycles. The number of halogens is 2. The largest absolute Gasteiger partial charge is 0.493 e. The number of methoxy groups -OCH3 is 1. The number of hydrogen-bond acceptors (Lipinski definition) is 2.